The number of allylic oxidation sites excluding steroid dienone is 1. The highest BCUT2D eigenvalue weighted by atomic mass is 16.2. The van der Waals surface area contributed by atoms with Gasteiger partial charge in [0.2, 0.25) is 11.7 Å². The summed E-state index contributed by atoms with van der Waals surface area (Å²) in [5, 5.41) is 5.60. The number of carbonyl (C=O) groups is 3. The van der Waals surface area contributed by atoms with Crippen LogP contribution < -0.4 is 10.6 Å². The average Bonchev–Trinajstić information content (AvgIpc) is 3.03. The Kier molecular flexibility index (Phi) is 5.16. The number of rotatable bonds is 4. The Morgan fingerprint density at radius 2 is 1.41 bits per heavy atom. The largest absolute Gasteiger partial charge is 0.368 e. The number of anilines is 2. The molecule has 2 aromatic rings. The predicted octanol–water partition coefficient (Wildman–Crippen LogP) is 3.68. The van der Waals surface area contributed by atoms with E-state index in [1.165, 1.54) is 6.92 Å². The van der Waals surface area contributed by atoms with Gasteiger partial charge in [-0.2, -0.15) is 0 Å². The SMILES string of the molecule is CC(=O)Nc1ccc(NC(=O)C2=C(N3CCCCC3)C(=O)c3ccccc32)cc1. The fourth-order valence-corrected chi connectivity index (χ4v) is 3.95. The maximum Gasteiger partial charge on any atom is 0.258 e. The fourth-order valence-electron chi connectivity index (χ4n) is 3.95. The zero-order valence-corrected chi connectivity index (χ0v) is 16.3. The molecule has 0 unspecified atom stereocenters. The molecule has 1 fully saturated rings. The molecule has 0 aromatic heterocycles. The molecule has 6 nitrogen and oxygen atoms in total. The molecule has 1 saturated heterocycles. The number of Topliss-reactive ketones (excluding diaryl/α,β-unsaturated/α-hetero) is 1. The number of hydrogen-bond donors (Lipinski definition) is 2. The zero-order valence-electron chi connectivity index (χ0n) is 16.3. The van der Waals surface area contributed by atoms with E-state index in [4.69, 9.17) is 0 Å². The first-order chi connectivity index (χ1) is 14.0. The number of nitrogens with zero attached hydrogens (tertiary/aromatic N) is 1. The minimum Gasteiger partial charge on any atom is -0.368 e. The summed E-state index contributed by atoms with van der Waals surface area (Å²) in [4.78, 5) is 39.5. The number of carbonyl (C=O) groups excluding carboxylic acids is 3. The van der Waals surface area contributed by atoms with E-state index >= 15 is 0 Å². The quantitative estimate of drug-likeness (QED) is 0.836. The number of amides is 2. The van der Waals surface area contributed by atoms with Crippen LogP contribution in [0.5, 0.6) is 0 Å². The summed E-state index contributed by atoms with van der Waals surface area (Å²) in [5.74, 6) is -0.524. The third-order valence-electron chi connectivity index (χ3n) is 5.26. The average molecular weight is 389 g/mol. The van der Waals surface area contributed by atoms with Gasteiger partial charge in [0.25, 0.3) is 5.91 Å². The third-order valence-corrected chi connectivity index (χ3v) is 5.26. The number of piperidine rings is 1. The Morgan fingerprint density at radius 3 is 2.03 bits per heavy atom. The second kappa shape index (κ2) is 7.91. The van der Waals surface area contributed by atoms with Gasteiger partial charge < -0.3 is 15.5 Å². The number of ketones is 1. The van der Waals surface area contributed by atoms with Crippen molar-refractivity contribution in [1.29, 1.82) is 0 Å². The lowest BCUT2D eigenvalue weighted by Gasteiger charge is -2.29. The van der Waals surface area contributed by atoms with E-state index in [1.807, 2.05) is 18.2 Å². The molecule has 0 radical (unpaired) electrons. The van der Waals surface area contributed by atoms with Gasteiger partial charge in [0, 0.05) is 42.5 Å². The van der Waals surface area contributed by atoms with E-state index in [-0.39, 0.29) is 17.6 Å². The second-order valence-electron chi connectivity index (χ2n) is 7.36. The Labute approximate surface area is 169 Å². The molecular formula is C23H23N3O3. The highest BCUT2D eigenvalue weighted by Gasteiger charge is 2.36. The summed E-state index contributed by atoms with van der Waals surface area (Å²) < 4.78 is 0. The Hall–Kier alpha value is -3.41. The van der Waals surface area contributed by atoms with Crippen molar-refractivity contribution in [2.45, 2.75) is 26.2 Å². The maximum atomic E-state index is 13.2. The van der Waals surface area contributed by atoms with Gasteiger partial charge in [-0.25, -0.2) is 0 Å². The van der Waals surface area contributed by atoms with Crippen LogP contribution in [-0.2, 0) is 9.59 Å². The van der Waals surface area contributed by atoms with Gasteiger partial charge in [0.1, 0.15) is 0 Å². The molecule has 29 heavy (non-hydrogen) atoms. The molecule has 2 N–H and O–H groups in total. The molecule has 2 amide bonds. The van der Waals surface area contributed by atoms with Gasteiger partial charge in [0.15, 0.2) is 0 Å². The summed E-state index contributed by atoms with van der Waals surface area (Å²) in [6, 6.07) is 14.2. The molecule has 0 atom stereocenters. The third kappa shape index (κ3) is 3.78. The zero-order chi connectivity index (χ0) is 20.4. The van der Waals surface area contributed by atoms with Crippen LogP contribution in [0.3, 0.4) is 0 Å². The van der Waals surface area contributed by atoms with Crippen LogP contribution in [-0.4, -0.2) is 35.6 Å². The Bertz CT molecular complexity index is 1000. The van der Waals surface area contributed by atoms with Crippen LogP contribution in [0, 0.1) is 0 Å². The van der Waals surface area contributed by atoms with Crippen molar-refractivity contribution in [1.82, 2.24) is 4.90 Å². The van der Waals surface area contributed by atoms with Crippen LogP contribution in [0.1, 0.15) is 42.1 Å². The summed E-state index contributed by atoms with van der Waals surface area (Å²) in [6.07, 6.45) is 3.19. The topological polar surface area (TPSA) is 78.5 Å². The highest BCUT2D eigenvalue weighted by Crippen LogP contribution is 2.36. The van der Waals surface area contributed by atoms with Crippen LogP contribution in [0.25, 0.3) is 5.57 Å². The first-order valence-electron chi connectivity index (χ1n) is 9.87. The van der Waals surface area contributed by atoms with Crippen molar-refractivity contribution < 1.29 is 14.4 Å². The van der Waals surface area contributed by atoms with E-state index in [0.29, 0.717) is 33.8 Å². The van der Waals surface area contributed by atoms with E-state index in [0.717, 1.165) is 32.4 Å². The molecule has 1 aliphatic heterocycles. The van der Waals surface area contributed by atoms with E-state index in [9.17, 15) is 14.4 Å². The van der Waals surface area contributed by atoms with Gasteiger partial charge in [-0.1, -0.05) is 24.3 Å². The maximum absolute atomic E-state index is 13.2. The first kappa shape index (κ1) is 18.9. The van der Waals surface area contributed by atoms with Crippen molar-refractivity contribution >= 4 is 34.5 Å². The van der Waals surface area contributed by atoms with Gasteiger partial charge in [-0.15, -0.1) is 0 Å². The Morgan fingerprint density at radius 1 is 0.828 bits per heavy atom. The van der Waals surface area contributed by atoms with Gasteiger partial charge >= 0.3 is 0 Å². The molecule has 2 aromatic carbocycles. The summed E-state index contributed by atoms with van der Waals surface area (Å²) in [7, 11) is 0. The fraction of sp³-hybridized carbons (Fsp3) is 0.261. The molecule has 0 bridgehead atoms. The minimum atomic E-state index is -0.295. The molecule has 6 heteroatoms. The van der Waals surface area contributed by atoms with Gasteiger partial charge in [0.05, 0.1) is 11.3 Å². The normalized spacial score (nSPS) is 15.9. The van der Waals surface area contributed by atoms with E-state index in [2.05, 4.69) is 15.5 Å². The minimum absolute atomic E-state index is 0.0753. The van der Waals surface area contributed by atoms with Crippen LogP contribution in [0.2, 0.25) is 0 Å². The lowest BCUT2D eigenvalue weighted by Crippen LogP contribution is -2.33. The van der Waals surface area contributed by atoms with Crippen molar-refractivity contribution in [3.8, 4) is 0 Å². The number of nitrogens with one attached hydrogen (secondary N) is 2. The number of fused-ring (bicyclic) bond motifs is 1. The molecule has 0 spiro atoms. The molecule has 2 aliphatic rings. The molecule has 1 aliphatic carbocycles. The first-order valence-corrected chi connectivity index (χ1v) is 9.87. The molecule has 1 heterocycles. The van der Waals surface area contributed by atoms with Crippen LogP contribution in [0.15, 0.2) is 54.2 Å². The summed E-state index contributed by atoms with van der Waals surface area (Å²) >= 11 is 0. The molecule has 4 rings (SSSR count). The van der Waals surface area contributed by atoms with Crippen LogP contribution in [0.4, 0.5) is 11.4 Å². The van der Waals surface area contributed by atoms with Crippen molar-refractivity contribution in [2.75, 3.05) is 23.7 Å². The number of benzene rings is 2. The van der Waals surface area contributed by atoms with Crippen molar-refractivity contribution in [3.63, 3.8) is 0 Å². The summed E-state index contributed by atoms with van der Waals surface area (Å²) in [6.45, 7) is 3.02. The van der Waals surface area contributed by atoms with Gasteiger partial charge in [-0.3, -0.25) is 14.4 Å². The standard InChI is InChI=1S/C23H23N3O3/c1-15(27)24-16-9-11-17(12-10-16)25-23(29)20-18-7-3-4-8-19(18)22(28)21(20)26-13-5-2-6-14-26/h3-4,7-12H,2,5-6,13-14H2,1H3,(H,24,27)(H,25,29). The Balaban J connectivity index is 1.65. The lowest BCUT2D eigenvalue weighted by molar-refractivity contribution is -0.114. The lowest BCUT2D eigenvalue weighted by atomic mass is 10.0. The highest BCUT2D eigenvalue weighted by molar-refractivity contribution is 6.37. The molecule has 0 saturated carbocycles. The van der Waals surface area contributed by atoms with E-state index in [1.54, 1.807) is 30.3 Å². The smallest absolute Gasteiger partial charge is 0.258 e. The molecular weight excluding hydrogens is 366 g/mol. The number of likely N-dealkylation sites (tertiary alicyclic amines) is 1. The predicted molar refractivity (Wildman–Crippen MR) is 112 cm³/mol. The van der Waals surface area contributed by atoms with Crippen LogP contribution >= 0.6 is 0 Å². The molecule has 148 valence electrons. The van der Waals surface area contributed by atoms with E-state index < -0.39 is 0 Å². The number of hydrogen-bond acceptors (Lipinski definition) is 4. The second-order valence-corrected chi connectivity index (χ2v) is 7.36. The van der Waals surface area contributed by atoms with Gasteiger partial charge in [-0.05, 0) is 43.5 Å². The summed E-state index contributed by atoms with van der Waals surface area (Å²) in [5.41, 5.74) is 3.48. The van der Waals surface area contributed by atoms with Crippen molar-refractivity contribution in [3.05, 3.63) is 65.4 Å². The monoisotopic (exact) mass is 389 g/mol. The van der Waals surface area contributed by atoms with Crippen molar-refractivity contribution in [2.24, 2.45) is 0 Å².